The van der Waals surface area contributed by atoms with Gasteiger partial charge in [-0.25, -0.2) is 4.98 Å². The Morgan fingerprint density at radius 2 is 2.07 bits per heavy atom. The van der Waals surface area contributed by atoms with Crippen LogP contribution >= 0.6 is 0 Å². The normalized spacial score (nSPS) is 24.1. The zero-order chi connectivity index (χ0) is 19.7. The fourth-order valence-electron chi connectivity index (χ4n) is 4.94. The van der Waals surface area contributed by atoms with Crippen LogP contribution in [-0.4, -0.2) is 29.0 Å². The number of benzene rings is 1. The lowest BCUT2D eigenvalue weighted by molar-refractivity contribution is 0.0909. The van der Waals surface area contributed by atoms with E-state index in [0.29, 0.717) is 18.2 Å². The first kappa shape index (κ1) is 18.7. The number of ether oxygens (including phenoxy) is 1. The Morgan fingerprint density at radius 1 is 1.29 bits per heavy atom. The lowest BCUT2D eigenvalue weighted by atomic mass is 9.84. The van der Waals surface area contributed by atoms with E-state index in [2.05, 4.69) is 22.2 Å². The Kier molecular flexibility index (Phi) is 5.20. The van der Waals surface area contributed by atoms with E-state index >= 15 is 0 Å². The minimum Gasteiger partial charge on any atom is -0.497 e. The van der Waals surface area contributed by atoms with Gasteiger partial charge >= 0.3 is 0 Å². The molecule has 1 heterocycles. The van der Waals surface area contributed by atoms with Gasteiger partial charge < -0.3 is 15.0 Å². The van der Waals surface area contributed by atoms with Gasteiger partial charge in [-0.05, 0) is 61.6 Å². The van der Waals surface area contributed by atoms with Crippen molar-refractivity contribution in [3.8, 4) is 5.75 Å². The molecule has 6 nitrogen and oxygen atoms in total. The number of nitrogens with zero attached hydrogens (tertiary/aromatic N) is 1. The van der Waals surface area contributed by atoms with Crippen LogP contribution < -0.4 is 15.6 Å². The lowest BCUT2D eigenvalue weighted by Gasteiger charge is -2.28. The third kappa shape index (κ3) is 3.96. The molecule has 0 saturated heterocycles. The molecule has 2 bridgehead atoms. The Labute approximate surface area is 164 Å². The number of H-pyrrole nitrogens is 1. The Bertz CT molecular complexity index is 906. The largest absolute Gasteiger partial charge is 0.497 e. The summed E-state index contributed by atoms with van der Waals surface area (Å²) in [4.78, 5) is 31.9. The molecule has 4 rings (SSSR count). The summed E-state index contributed by atoms with van der Waals surface area (Å²) in [5, 5.41) is 3.09. The van der Waals surface area contributed by atoms with Crippen molar-refractivity contribution in [2.75, 3.05) is 7.11 Å². The molecule has 148 valence electrons. The Hall–Kier alpha value is -2.63. The van der Waals surface area contributed by atoms with E-state index in [9.17, 15) is 9.59 Å². The summed E-state index contributed by atoms with van der Waals surface area (Å²) in [5.41, 5.74) is 0.857. The monoisotopic (exact) mass is 381 g/mol. The molecule has 0 spiro atoms. The Balaban J connectivity index is 1.45. The second-order valence-corrected chi connectivity index (χ2v) is 8.20. The standard InChI is InChI=1S/C22H27N3O3/c1-13(18-10-15-3-6-16(18)9-15)23-22(27)19-12-21(26)25-20(24-19)11-14-4-7-17(28-2)8-5-14/h4-5,7-8,12-13,15-16,18H,3,6,9-11H2,1-2H3,(H,23,27)(H,24,25,26). The number of amides is 1. The summed E-state index contributed by atoms with van der Waals surface area (Å²) in [6.07, 6.45) is 5.58. The van der Waals surface area contributed by atoms with Crippen LogP contribution in [0.25, 0.3) is 0 Å². The molecule has 0 radical (unpaired) electrons. The summed E-state index contributed by atoms with van der Waals surface area (Å²) in [7, 11) is 1.62. The zero-order valence-electron chi connectivity index (χ0n) is 16.4. The van der Waals surface area contributed by atoms with Crippen LogP contribution in [0.5, 0.6) is 5.75 Å². The van der Waals surface area contributed by atoms with Gasteiger partial charge in [-0.15, -0.1) is 0 Å². The van der Waals surface area contributed by atoms with E-state index in [1.807, 2.05) is 24.3 Å². The van der Waals surface area contributed by atoms with Gasteiger partial charge in [0.1, 0.15) is 17.3 Å². The molecule has 6 heteroatoms. The van der Waals surface area contributed by atoms with E-state index in [0.717, 1.165) is 23.1 Å². The van der Waals surface area contributed by atoms with E-state index in [1.54, 1.807) is 7.11 Å². The number of hydrogen-bond acceptors (Lipinski definition) is 4. The van der Waals surface area contributed by atoms with Crippen molar-refractivity contribution in [2.24, 2.45) is 17.8 Å². The van der Waals surface area contributed by atoms with Gasteiger partial charge in [0, 0.05) is 18.5 Å². The van der Waals surface area contributed by atoms with Crippen LogP contribution in [0.1, 0.15) is 54.5 Å². The van der Waals surface area contributed by atoms with E-state index in [4.69, 9.17) is 4.74 Å². The highest BCUT2D eigenvalue weighted by Gasteiger charge is 2.42. The van der Waals surface area contributed by atoms with Crippen molar-refractivity contribution in [1.82, 2.24) is 15.3 Å². The van der Waals surface area contributed by atoms with Crippen molar-refractivity contribution < 1.29 is 9.53 Å². The molecule has 4 unspecified atom stereocenters. The molecule has 28 heavy (non-hydrogen) atoms. The highest BCUT2D eigenvalue weighted by Crippen LogP contribution is 2.49. The first-order chi connectivity index (χ1) is 13.5. The van der Waals surface area contributed by atoms with Crippen molar-refractivity contribution in [3.63, 3.8) is 0 Å². The first-order valence-electron chi connectivity index (χ1n) is 10.1. The molecule has 2 N–H and O–H groups in total. The Morgan fingerprint density at radius 3 is 2.71 bits per heavy atom. The van der Waals surface area contributed by atoms with Crippen LogP contribution in [0, 0.1) is 17.8 Å². The number of aromatic nitrogens is 2. The van der Waals surface area contributed by atoms with Crippen molar-refractivity contribution >= 4 is 5.91 Å². The molecule has 1 aromatic carbocycles. The number of methoxy groups -OCH3 is 1. The smallest absolute Gasteiger partial charge is 0.270 e. The van der Waals surface area contributed by atoms with Gasteiger partial charge in [0.15, 0.2) is 0 Å². The predicted octanol–water partition coefficient (Wildman–Crippen LogP) is 2.92. The maximum Gasteiger partial charge on any atom is 0.270 e. The third-order valence-electron chi connectivity index (χ3n) is 6.35. The van der Waals surface area contributed by atoms with Crippen LogP contribution in [0.2, 0.25) is 0 Å². The lowest BCUT2D eigenvalue weighted by Crippen LogP contribution is -2.40. The van der Waals surface area contributed by atoms with Crippen LogP contribution in [-0.2, 0) is 6.42 Å². The van der Waals surface area contributed by atoms with Crippen molar-refractivity contribution in [3.05, 3.63) is 57.8 Å². The average molecular weight is 381 g/mol. The summed E-state index contributed by atoms with van der Waals surface area (Å²) >= 11 is 0. The number of nitrogens with one attached hydrogen (secondary N) is 2. The van der Waals surface area contributed by atoms with E-state index in [-0.39, 0.29) is 23.2 Å². The highest BCUT2D eigenvalue weighted by atomic mass is 16.5. The molecule has 1 amide bonds. The molecule has 0 aliphatic heterocycles. The van der Waals surface area contributed by atoms with Gasteiger partial charge in [0.05, 0.1) is 7.11 Å². The molecule has 2 aromatic rings. The molecule has 2 fully saturated rings. The van der Waals surface area contributed by atoms with Gasteiger partial charge in [0.25, 0.3) is 11.5 Å². The van der Waals surface area contributed by atoms with Crippen LogP contribution in [0.15, 0.2) is 35.1 Å². The number of hydrogen-bond donors (Lipinski definition) is 2. The molecule has 1 aromatic heterocycles. The quantitative estimate of drug-likeness (QED) is 0.806. The van der Waals surface area contributed by atoms with E-state index in [1.165, 1.54) is 31.7 Å². The van der Waals surface area contributed by atoms with Gasteiger partial charge in [-0.3, -0.25) is 9.59 Å². The fraction of sp³-hybridized carbons (Fsp3) is 0.500. The van der Waals surface area contributed by atoms with Crippen molar-refractivity contribution in [2.45, 2.75) is 45.1 Å². The maximum absolute atomic E-state index is 12.7. The van der Waals surface area contributed by atoms with Crippen LogP contribution in [0.4, 0.5) is 0 Å². The second kappa shape index (κ2) is 7.78. The summed E-state index contributed by atoms with van der Waals surface area (Å²) in [6, 6.07) is 8.95. The topological polar surface area (TPSA) is 84.1 Å². The minimum absolute atomic E-state index is 0.105. The maximum atomic E-state index is 12.7. The zero-order valence-corrected chi connectivity index (χ0v) is 16.4. The number of aromatic amines is 1. The number of fused-ring (bicyclic) bond motifs is 2. The van der Waals surface area contributed by atoms with Gasteiger partial charge in [0.2, 0.25) is 0 Å². The first-order valence-corrected chi connectivity index (χ1v) is 10.1. The molecule has 2 saturated carbocycles. The SMILES string of the molecule is COc1ccc(Cc2nc(C(=O)NC(C)C3CC4CCC3C4)cc(=O)[nH]2)cc1. The van der Waals surface area contributed by atoms with E-state index < -0.39 is 0 Å². The third-order valence-corrected chi connectivity index (χ3v) is 6.35. The molecular formula is C22H27N3O3. The highest BCUT2D eigenvalue weighted by molar-refractivity contribution is 5.92. The summed E-state index contributed by atoms with van der Waals surface area (Å²) < 4.78 is 5.16. The van der Waals surface area contributed by atoms with Crippen LogP contribution in [0.3, 0.4) is 0 Å². The summed E-state index contributed by atoms with van der Waals surface area (Å²) in [6.45, 7) is 2.08. The predicted molar refractivity (Wildman–Crippen MR) is 107 cm³/mol. The molecule has 2 aliphatic rings. The average Bonchev–Trinajstić information content (AvgIpc) is 3.31. The molecular weight excluding hydrogens is 354 g/mol. The molecule has 2 aliphatic carbocycles. The van der Waals surface area contributed by atoms with Crippen molar-refractivity contribution in [1.29, 1.82) is 0 Å². The minimum atomic E-state index is -0.309. The molecule has 4 atom stereocenters. The number of carbonyl (C=O) groups excluding carboxylic acids is 1. The number of rotatable bonds is 6. The fourth-order valence-corrected chi connectivity index (χ4v) is 4.94. The number of carbonyl (C=O) groups is 1. The summed E-state index contributed by atoms with van der Waals surface area (Å²) in [5.74, 6) is 3.10. The van der Waals surface area contributed by atoms with Gasteiger partial charge in [-0.1, -0.05) is 18.6 Å². The second-order valence-electron chi connectivity index (χ2n) is 8.20. The van der Waals surface area contributed by atoms with Gasteiger partial charge in [-0.2, -0.15) is 0 Å².